The molecule has 1 aliphatic heterocycles. The molecule has 0 radical (unpaired) electrons. The molecule has 9 heavy (non-hydrogen) atoms. The van der Waals surface area contributed by atoms with Crippen molar-refractivity contribution in [2.75, 3.05) is 6.29 Å². The van der Waals surface area contributed by atoms with E-state index in [1.165, 1.54) is 0 Å². The van der Waals surface area contributed by atoms with E-state index in [0.717, 1.165) is 6.29 Å². The lowest BCUT2D eigenvalue weighted by atomic mass is 10.1. The largest absolute Gasteiger partial charge is 0.330 e. The Morgan fingerprint density at radius 1 is 1.56 bits per heavy atom. The van der Waals surface area contributed by atoms with Gasteiger partial charge in [-0.3, -0.25) is 4.79 Å². The molecule has 0 spiro atoms. The molecule has 0 aliphatic carbocycles. The summed E-state index contributed by atoms with van der Waals surface area (Å²) in [7, 11) is 0.536. The van der Waals surface area contributed by atoms with Gasteiger partial charge in [0, 0.05) is 11.8 Å². The number of hydrogen-bond acceptors (Lipinski definition) is 1. The maximum Gasteiger partial charge on any atom is 0.242 e. The van der Waals surface area contributed by atoms with E-state index in [2.05, 4.69) is 20.8 Å². The average molecular weight is 145 g/mol. The fourth-order valence-corrected chi connectivity index (χ4v) is 2.02. The highest BCUT2D eigenvalue weighted by Crippen LogP contribution is 2.35. The van der Waals surface area contributed by atoms with Gasteiger partial charge in [0.1, 0.15) is 0 Å². The fraction of sp³-hybridized carbons (Fsp3) is 0.833. The third-order valence-corrected chi connectivity index (χ3v) is 2.49. The number of nitrogens with zero attached hydrogens (tertiary/aromatic N) is 1. The molecule has 2 nitrogen and oxygen atoms in total. The summed E-state index contributed by atoms with van der Waals surface area (Å²) >= 11 is 0. The fourth-order valence-electron chi connectivity index (χ4n) is 0.764. The van der Waals surface area contributed by atoms with Crippen molar-refractivity contribution in [2.24, 2.45) is 0 Å². The van der Waals surface area contributed by atoms with Crippen LogP contribution in [-0.2, 0) is 0 Å². The van der Waals surface area contributed by atoms with Crippen molar-refractivity contribution in [3.8, 4) is 0 Å². The van der Waals surface area contributed by atoms with Gasteiger partial charge in [-0.25, -0.2) is 0 Å². The molecule has 1 heterocycles. The van der Waals surface area contributed by atoms with Crippen molar-refractivity contribution < 1.29 is 4.79 Å². The van der Waals surface area contributed by atoms with Crippen LogP contribution in [0.5, 0.6) is 0 Å². The van der Waals surface area contributed by atoms with Crippen LogP contribution in [0.1, 0.15) is 20.8 Å². The lowest BCUT2D eigenvalue weighted by Gasteiger charge is -2.41. The highest BCUT2D eigenvalue weighted by atomic mass is 31.1. The molecule has 1 unspecified atom stereocenters. The summed E-state index contributed by atoms with van der Waals surface area (Å²) < 4.78 is 0. The van der Waals surface area contributed by atoms with E-state index in [-0.39, 0.29) is 5.54 Å². The normalized spacial score (nSPS) is 22.6. The molecule has 1 rings (SSSR count). The predicted molar refractivity (Wildman–Crippen MR) is 40.2 cm³/mol. The Morgan fingerprint density at radius 2 is 2.11 bits per heavy atom. The van der Waals surface area contributed by atoms with E-state index in [4.69, 9.17) is 0 Å². The molecule has 1 atom stereocenters. The van der Waals surface area contributed by atoms with Gasteiger partial charge in [0.2, 0.25) is 5.65 Å². The van der Waals surface area contributed by atoms with Crippen LogP contribution in [0.15, 0.2) is 0 Å². The van der Waals surface area contributed by atoms with E-state index < -0.39 is 0 Å². The molecular weight excluding hydrogens is 133 g/mol. The van der Waals surface area contributed by atoms with Gasteiger partial charge in [-0.15, -0.1) is 0 Å². The van der Waals surface area contributed by atoms with Crippen molar-refractivity contribution in [1.82, 2.24) is 4.90 Å². The van der Waals surface area contributed by atoms with Gasteiger partial charge in [0.15, 0.2) is 0 Å². The monoisotopic (exact) mass is 145 g/mol. The van der Waals surface area contributed by atoms with Crippen LogP contribution in [-0.4, -0.2) is 22.4 Å². The molecule has 0 N–H and O–H groups in total. The molecule has 1 saturated heterocycles. The van der Waals surface area contributed by atoms with Gasteiger partial charge in [-0.05, 0) is 29.4 Å². The Labute approximate surface area is 57.4 Å². The topological polar surface area (TPSA) is 20.3 Å². The summed E-state index contributed by atoms with van der Waals surface area (Å²) in [5.41, 5.74) is 0.380. The number of amides is 1. The molecule has 1 aliphatic rings. The summed E-state index contributed by atoms with van der Waals surface area (Å²) in [6.07, 6.45) is 0.975. The highest BCUT2D eigenvalue weighted by Gasteiger charge is 2.32. The van der Waals surface area contributed by atoms with Crippen LogP contribution < -0.4 is 0 Å². The summed E-state index contributed by atoms with van der Waals surface area (Å²) in [6.45, 7) is 6.19. The second-order valence-corrected chi connectivity index (χ2v) is 4.34. The Hall–Kier alpha value is -0.100. The predicted octanol–water partition coefficient (Wildman–Crippen LogP) is 1.86. The van der Waals surface area contributed by atoms with E-state index in [1.54, 1.807) is 0 Å². The molecule has 52 valence electrons. The van der Waals surface area contributed by atoms with E-state index in [1.807, 2.05) is 4.90 Å². The minimum Gasteiger partial charge on any atom is -0.330 e. The standard InChI is InChI=1S/C6H12NOP/c1-6(2,3)7-4-9-5(7)8/h9H,4H2,1-3H3. The maximum atomic E-state index is 10.8. The Kier molecular flexibility index (Phi) is 1.52. The third kappa shape index (κ3) is 1.24. The molecular formula is C6H12NOP. The summed E-state index contributed by atoms with van der Waals surface area (Å²) in [4.78, 5) is 12.7. The first-order chi connectivity index (χ1) is 4.02. The number of rotatable bonds is 0. The first kappa shape index (κ1) is 7.01. The van der Waals surface area contributed by atoms with Crippen molar-refractivity contribution >= 4 is 14.2 Å². The number of hydrogen-bond donors (Lipinski definition) is 0. The minimum atomic E-state index is 0.0579. The van der Waals surface area contributed by atoms with Gasteiger partial charge in [-0.1, -0.05) is 0 Å². The van der Waals surface area contributed by atoms with Crippen LogP contribution >= 0.6 is 8.58 Å². The first-order valence-corrected chi connectivity index (χ1v) is 4.28. The lowest BCUT2D eigenvalue weighted by Crippen LogP contribution is -2.48. The van der Waals surface area contributed by atoms with Gasteiger partial charge in [0.25, 0.3) is 0 Å². The van der Waals surface area contributed by atoms with Crippen molar-refractivity contribution in [3.63, 3.8) is 0 Å². The molecule has 0 bridgehead atoms. The van der Waals surface area contributed by atoms with Gasteiger partial charge >= 0.3 is 0 Å². The molecule has 1 amide bonds. The minimum absolute atomic E-state index is 0.0579. The van der Waals surface area contributed by atoms with Gasteiger partial charge < -0.3 is 4.90 Å². The third-order valence-electron chi connectivity index (χ3n) is 1.44. The maximum absolute atomic E-state index is 10.8. The summed E-state index contributed by atoms with van der Waals surface area (Å²) in [5, 5.41) is 0. The van der Waals surface area contributed by atoms with E-state index in [0.29, 0.717) is 14.2 Å². The molecule has 0 aromatic rings. The Morgan fingerprint density at radius 3 is 2.11 bits per heavy atom. The zero-order valence-electron chi connectivity index (χ0n) is 6.06. The Bertz CT molecular complexity index is 138. The van der Waals surface area contributed by atoms with Crippen LogP contribution in [0.3, 0.4) is 0 Å². The van der Waals surface area contributed by atoms with Crippen LogP contribution in [0.2, 0.25) is 0 Å². The molecule has 0 aromatic heterocycles. The van der Waals surface area contributed by atoms with Crippen molar-refractivity contribution in [1.29, 1.82) is 0 Å². The summed E-state index contributed by atoms with van der Waals surface area (Å²) in [6, 6.07) is 0. The second-order valence-electron chi connectivity index (χ2n) is 3.24. The number of carbonyl (C=O) groups excluding carboxylic acids is 1. The van der Waals surface area contributed by atoms with E-state index >= 15 is 0 Å². The number of carbonyl (C=O) groups is 1. The average Bonchev–Trinajstić information content (AvgIpc) is 1.57. The molecule has 1 fully saturated rings. The lowest BCUT2D eigenvalue weighted by molar-refractivity contribution is 0.172. The Balaban J connectivity index is 2.54. The smallest absolute Gasteiger partial charge is 0.242 e. The van der Waals surface area contributed by atoms with E-state index in [9.17, 15) is 4.79 Å². The first-order valence-electron chi connectivity index (χ1n) is 3.07. The van der Waals surface area contributed by atoms with Crippen LogP contribution in [0, 0.1) is 0 Å². The van der Waals surface area contributed by atoms with Crippen molar-refractivity contribution in [2.45, 2.75) is 26.3 Å². The molecule has 0 aromatic carbocycles. The second kappa shape index (κ2) is 1.95. The van der Waals surface area contributed by atoms with Crippen LogP contribution in [0.25, 0.3) is 0 Å². The zero-order chi connectivity index (χ0) is 7.07. The van der Waals surface area contributed by atoms with Crippen LogP contribution in [0.4, 0.5) is 4.79 Å². The molecule has 3 heteroatoms. The van der Waals surface area contributed by atoms with Gasteiger partial charge in [0.05, 0.1) is 0 Å². The zero-order valence-corrected chi connectivity index (χ0v) is 7.06. The summed E-state index contributed by atoms with van der Waals surface area (Å²) in [5.74, 6) is 0. The van der Waals surface area contributed by atoms with Gasteiger partial charge in [-0.2, -0.15) is 0 Å². The molecule has 0 saturated carbocycles. The van der Waals surface area contributed by atoms with Crippen molar-refractivity contribution in [3.05, 3.63) is 0 Å². The SMILES string of the molecule is CC(C)(C)N1CPC1=O. The quantitative estimate of drug-likeness (QED) is 0.476. The highest BCUT2D eigenvalue weighted by molar-refractivity contribution is 7.60.